The average Bonchev–Trinajstić information content (AvgIpc) is 2.84. The van der Waals surface area contributed by atoms with Gasteiger partial charge in [-0.2, -0.15) is 0 Å². The van der Waals surface area contributed by atoms with Gasteiger partial charge in [0.2, 0.25) is 5.91 Å². The van der Waals surface area contributed by atoms with Crippen LogP contribution in [0.4, 0.5) is 5.69 Å². The first-order valence-electron chi connectivity index (χ1n) is 10.6. The molecule has 0 radical (unpaired) electrons. The summed E-state index contributed by atoms with van der Waals surface area (Å²) < 4.78 is 2.55. The number of aromatic nitrogens is 3. The summed E-state index contributed by atoms with van der Waals surface area (Å²) in [4.78, 5) is 44.8. The van der Waals surface area contributed by atoms with Crippen LogP contribution in [0.2, 0.25) is 0 Å². The number of hydrogen-bond donors (Lipinski definition) is 1. The van der Waals surface area contributed by atoms with Gasteiger partial charge >= 0.3 is 11.1 Å². The van der Waals surface area contributed by atoms with Crippen LogP contribution < -0.4 is 21.3 Å². The Kier molecular flexibility index (Phi) is 6.35. The van der Waals surface area contributed by atoms with Crippen molar-refractivity contribution in [1.29, 1.82) is 0 Å². The summed E-state index contributed by atoms with van der Waals surface area (Å²) in [5, 5.41) is 2.82. The lowest BCUT2D eigenvalue weighted by molar-refractivity contribution is -0.121. The number of carbonyl (C=O) groups excluding carboxylic acids is 1. The van der Waals surface area contributed by atoms with Gasteiger partial charge in [-0.15, -0.1) is 0 Å². The molecule has 2 heterocycles. The lowest BCUT2D eigenvalue weighted by Gasteiger charge is -2.15. The van der Waals surface area contributed by atoms with Crippen LogP contribution in [0.15, 0.2) is 82.5 Å². The van der Waals surface area contributed by atoms with Crippen LogP contribution in [0, 0.1) is 0 Å². The van der Waals surface area contributed by atoms with Gasteiger partial charge in [-0.05, 0) is 35.4 Å². The minimum atomic E-state index is -0.753. The van der Waals surface area contributed by atoms with Gasteiger partial charge in [0, 0.05) is 32.5 Å². The van der Waals surface area contributed by atoms with E-state index in [1.165, 1.54) is 9.13 Å². The fourth-order valence-corrected chi connectivity index (χ4v) is 3.63. The Morgan fingerprint density at radius 1 is 0.879 bits per heavy atom. The lowest BCUT2D eigenvalue weighted by Crippen LogP contribution is -2.44. The zero-order valence-electron chi connectivity index (χ0n) is 18.6. The van der Waals surface area contributed by atoms with E-state index < -0.39 is 11.1 Å². The van der Waals surface area contributed by atoms with Crippen molar-refractivity contribution >= 4 is 22.8 Å². The van der Waals surface area contributed by atoms with E-state index >= 15 is 0 Å². The molecule has 2 aromatic carbocycles. The number of nitrogens with one attached hydrogen (secondary N) is 1. The maximum absolute atomic E-state index is 12.9. The minimum absolute atomic E-state index is 0.221. The third-order valence-corrected chi connectivity index (χ3v) is 5.41. The van der Waals surface area contributed by atoms with Crippen LogP contribution in [0.25, 0.3) is 11.2 Å². The third-order valence-electron chi connectivity index (χ3n) is 5.41. The van der Waals surface area contributed by atoms with E-state index in [1.807, 2.05) is 73.6 Å². The van der Waals surface area contributed by atoms with Gasteiger partial charge in [0.05, 0.1) is 12.1 Å². The Hall–Kier alpha value is -4.20. The van der Waals surface area contributed by atoms with E-state index in [1.54, 1.807) is 18.3 Å². The van der Waals surface area contributed by atoms with Crippen molar-refractivity contribution < 1.29 is 4.79 Å². The summed E-state index contributed by atoms with van der Waals surface area (Å²) in [5.41, 5.74) is 2.20. The monoisotopic (exact) mass is 443 g/mol. The predicted octanol–water partition coefficient (Wildman–Crippen LogP) is 1.99. The molecule has 1 N–H and O–H groups in total. The van der Waals surface area contributed by atoms with Crippen molar-refractivity contribution in [2.75, 3.05) is 19.0 Å². The normalized spacial score (nSPS) is 10.8. The zero-order valence-corrected chi connectivity index (χ0v) is 18.6. The van der Waals surface area contributed by atoms with Gasteiger partial charge < -0.3 is 10.2 Å². The van der Waals surface area contributed by atoms with Crippen LogP contribution >= 0.6 is 0 Å². The first-order valence-corrected chi connectivity index (χ1v) is 10.6. The summed E-state index contributed by atoms with van der Waals surface area (Å²) in [5.74, 6) is -0.362. The molecule has 0 unspecified atom stereocenters. The molecule has 0 spiro atoms. The zero-order chi connectivity index (χ0) is 23.4. The van der Waals surface area contributed by atoms with Gasteiger partial charge in [-0.3, -0.25) is 23.5 Å². The molecule has 0 aliphatic heterocycles. The van der Waals surface area contributed by atoms with Crippen molar-refractivity contribution in [3.63, 3.8) is 0 Å². The van der Waals surface area contributed by atoms with Crippen molar-refractivity contribution in [3.8, 4) is 0 Å². The quantitative estimate of drug-likeness (QED) is 0.441. The van der Waals surface area contributed by atoms with E-state index in [0.717, 1.165) is 16.8 Å². The number of hydrogen-bond acceptors (Lipinski definition) is 5. The fourth-order valence-electron chi connectivity index (χ4n) is 3.63. The number of carbonyl (C=O) groups is 1. The van der Waals surface area contributed by atoms with E-state index in [0.29, 0.717) is 17.7 Å². The molecule has 0 bridgehead atoms. The largest absolute Gasteiger partial charge is 0.378 e. The Morgan fingerprint density at radius 2 is 1.58 bits per heavy atom. The number of pyridine rings is 1. The highest BCUT2D eigenvalue weighted by Crippen LogP contribution is 2.12. The highest BCUT2D eigenvalue weighted by molar-refractivity contribution is 5.78. The molecule has 0 saturated heterocycles. The Balaban J connectivity index is 1.58. The van der Waals surface area contributed by atoms with Gasteiger partial charge in [0.15, 0.2) is 5.65 Å². The molecule has 0 aliphatic rings. The summed E-state index contributed by atoms with van der Waals surface area (Å²) in [6.07, 6.45) is 1.57. The Bertz CT molecular complexity index is 1390. The van der Waals surface area contributed by atoms with Crippen LogP contribution in [0.3, 0.4) is 0 Å². The van der Waals surface area contributed by atoms with Crippen LogP contribution in [0.1, 0.15) is 11.1 Å². The maximum atomic E-state index is 12.9. The van der Waals surface area contributed by atoms with Crippen molar-refractivity contribution in [3.05, 3.63) is 105 Å². The van der Waals surface area contributed by atoms with Crippen LogP contribution in [-0.4, -0.2) is 34.1 Å². The van der Waals surface area contributed by atoms with Crippen molar-refractivity contribution in [2.24, 2.45) is 0 Å². The first kappa shape index (κ1) is 22.0. The number of fused-ring (bicyclic) bond motifs is 1. The second-order valence-electron chi connectivity index (χ2n) is 7.95. The fraction of sp³-hybridized carbons (Fsp3) is 0.200. The Labute approximate surface area is 190 Å². The summed E-state index contributed by atoms with van der Waals surface area (Å²) in [7, 11) is 3.92. The summed E-state index contributed by atoms with van der Waals surface area (Å²) >= 11 is 0. The van der Waals surface area contributed by atoms with E-state index in [-0.39, 0.29) is 19.0 Å². The third kappa shape index (κ3) is 4.85. The van der Waals surface area contributed by atoms with Gasteiger partial charge in [0.1, 0.15) is 6.54 Å². The molecule has 1 amide bonds. The maximum Gasteiger partial charge on any atom is 0.318 e. The number of anilines is 1. The molecule has 8 heteroatoms. The number of nitrogens with zero attached hydrogens (tertiary/aromatic N) is 4. The molecule has 4 aromatic rings. The average molecular weight is 444 g/mol. The molecule has 168 valence electrons. The minimum Gasteiger partial charge on any atom is -0.378 e. The standard InChI is InChI=1S/C25H25N5O3/c1-28(2)20-12-10-18(11-13-20)15-27-22(31)17-29-21-9-6-14-26-23(21)30(25(33)24(29)32)16-19-7-4-3-5-8-19/h3-14H,15-17H2,1-2H3,(H,27,31). The predicted molar refractivity (Wildman–Crippen MR) is 128 cm³/mol. The summed E-state index contributed by atoms with van der Waals surface area (Å²) in [6, 6.07) is 20.6. The van der Waals surface area contributed by atoms with Gasteiger partial charge in [0.25, 0.3) is 0 Å². The summed E-state index contributed by atoms with van der Waals surface area (Å²) in [6.45, 7) is 0.277. The van der Waals surface area contributed by atoms with Gasteiger partial charge in [-0.25, -0.2) is 4.98 Å². The number of rotatable bonds is 7. The molecule has 2 aromatic heterocycles. The molecule has 0 saturated carbocycles. The van der Waals surface area contributed by atoms with E-state index in [2.05, 4.69) is 10.3 Å². The molecule has 4 rings (SSSR count). The van der Waals surface area contributed by atoms with Gasteiger partial charge in [-0.1, -0.05) is 42.5 Å². The molecule has 33 heavy (non-hydrogen) atoms. The molecule has 0 fully saturated rings. The molecule has 0 atom stereocenters. The van der Waals surface area contributed by atoms with Crippen molar-refractivity contribution in [1.82, 2.24) is 19.4 Å². The SMILES string of the molecule is CN(C)c1ccc(CNC(=O)Cn2c(=O)c(=O)n(Cc3ccccc3)c3ncccc32)cc1. The topological polar surface area (TPSA) is 89.2 Å². The Morgan fingerprint density at radius 3 is 2.27 bits per heavy atom. The van der Waals surface area contributed by atoms with Crippen molar-refractivity contribution in [2.45, 2.75) is 19.6 Å². The van der Waals surface area contributed by atoms with Crippen LogP contribution in [-0.2, 0) is 24.4 Å². The van der Waals surface area contributed by atoms with E-state index in [4.69, 9.17) is 0 Å². The smallest absolute Gasteiger partial charge is 0.318 e. The number of amides is 1. The highest BCUT2D eigenvalue weighted by Gasteiger charge is 2.16. The lowest BCUT2D eigenvalue weighted by atomic mass is 10.2. The highest BCUT2D eigenvalue weighted by atomic mass is 16.2. The second kappa shape index (κ2) is 9.52. The molecule has 0 aliphatic carbocycles. The molecular weight excluding hydrogens is 418 g/mol. The van der Waals surface area contributed by atoms with Crippen LogP contribution in [0.5, 0.6) is 0 Å². The molecule has 8 nitrogen and oxygen atoms in total. The number of benzene rings is 2. The second-order valence-corrected chi connectivity index (χ2v) is 7.95. The van der Waals surface area contributed by atoms with E-state index in [9.17, 15) is 14.4 Å². The molecular formula is C25H25N5O3. The first-order chi connectivity index (χ1) is 15.9.